The van der Waals surface area contributed by atoms with Crippen LogP contribution in [0.2, 0.25) is 0 Å². The molecule has 2 rings (SSSR count). The van der Waals surface area contributed by atoms with Gasteiger partial charge in [-0.05, 0) is 37.5 Å². The van der Waals surface area contributed by atoms with E-state index in [-0.39, 0.29) is 23.3 Å². The molecule has 0 aliphatic rings. The zero-order chi connectivity index (χ0) is 22.1. The molecule has 0 bridgehead atoms. The number of methoxy groups -OCH3 is 2. The van der Waals surface area contributed by atoms with Crippen molar-refractivity contribution in [3.05, 3.63) is 54.1 Å². The van der Waals surface area contributed by atoms with Crippen molar-refractivity contribution in [1.82, 2.24) is 10.0 Å². The van der Waals surface area contributed by atoms with Gasteiger partial charge in [0.1, 0.15) is 6.04 Å². The minimum atomic E-state index is -3.98. The molecule has 0 saturated heterocycles. The van der Waals surface area contributed by atoms with Crippen LogP contribution in [0.3, 0.4) is 0 Å². The van der Waals surface area contributed by atoms with Crippen LogP contribution in [0.4, 0.5) is 0 Å². The molecule has 8 heteroatoms. The number of carbonyl (C=O) groups excluding carboxylic acids is 1. The first-order valence-corrected chi connectivity index (χ1v) is 11.4. The van der Waals surface area contributed by atoms with Gasteiger partial charge in [-0.15, -0.1) is 0 Å². The van der Waals surface area contributed by atoms with Gasteiger partial charge in [0.25, 0.3) is 0 Å². The molecule has 0 saturated carbocycles. The van der Waals surface area contributed by atoms with Crippen molar-refractivity contribution in [2.75, 3.05) is 14.2 Å². The number of rotatable bonds is 11. The van der Waals surface area contributed by atoms with Gasteiger partial charge in [-0.1, -0.05) is 43.7 Å². The van der Waals surface area contributed by atoms with Gasteiger partial charge < -0.3 is 14.8 Å². The van der Waals surface area contributed by atoms with Gasteiger partial charge >= 0.3 is 0 Å². The first kappa shape index (κ1) is 23.7. The van der Waals surface area contributed by atoms with Crippen molar-refractivity contribution >= 4 is 15.9 Å². The highest BCUT2D eigenvalue weighted by molar-refractivity contribution is 7.89. The molecule has 0 fully saturated rings. The van der Waals surface area contributed by atoms with Crippen LogP contribution in [-0.4, -0.2) is 40.6 Å². The highest BCUT2D eigenvalue weighted by atomic mass is 32.2. The summed E-state index contributed by atoms with van der Waals surface area (Å²) in [5.41, 5.74) is 0.857. The minimum absolute atomic E-state index is 0.00683. The molecule has 164 valence electrons. The summed E-state index contributed by atoms with van der Waals surface area (Å²) in [6.07, 6.45) is 1.96. The first-order chi connectivity index (χ1) is 14.3. The molecule has 30 heavy (non-hydrogen) atoms. The van der Waals surface area contributed by atoms with E-state index in [0.29, 0.717) is 11.5 Å². The third-order valence-electron chi connectivity index (χ3n) is 4.67. The summed E-state index contributed by atoms with van der Waals surface area (Å²) < 4.78 is 39.0. The number of carbonyl (C=O) groups is 1. The van der Waals surface area contributed by atoms with Crippen LogP contribution in [0.25, 0.3) is 0 Å². The van der Waals surface area contributed by atoms with E-state index in [0.717, 1.165) is 18.4 Å². The molecule has 2 aromatic carbocycles. The van der Waals surface area contributed by atoms with Crippen LogP contribution < -0.4 is 19.5 Å². The second-order valence-electron chi connectivity index (χ2n) is 7.08. The predicted molar refractivity (Wildman–Crippen MR) is 116 cm³/mol. The fraction of sp³-hybridized carbons (Fsp3) is 0.409. The summed E-state index contributed by atoms with van der Waals surface area (Å²) in [6.45, 7) is 3.94. The molecule has 7 nitrogen and oxygen atoms in total. The quantitative estimate of drug-likeness (QED) is 0.567. The van der Waals surface area contributed by atoms with Crippen molar-refractivity contribution < 1.29 is 22.7 Å². The van der Waals surface area contributed by atoms with E-state index >= 15 is 0 Å². The third-order valence-corrected chi connectivity index (χ3v) is 6.14. The number of ether oxygens (including phenoxy) is 2. The van der Waals surface area contributed by atoms with Crippen LogP contribution in [-0.2, 0) is 21.2 Å². The topological polar surface area (TPSA) is 93.7 Å². The second kappa shape index (κ2) is 11.0. The summed E-state index contributed by atoms with van der Waals surface area (Å²) in [4.78, 5) is 12.9. The number of sulfonamides is 1. The Balaban J connectivity index is 2.30. The number of hydrogen-bond acceptors (Lipinski definition) is 5. The van der Waals surface area contributed by atoms with Crippen molar-refractivity contribution in [2.45, 2.75) is 50.1 Å². The van der Waals surface area contributed by atoms with Crippen molar-refractivity contribution in [1.29, 1.82) is 0 Å². The Morgan fingerprint density at radius 2 is 1.70 bits per heavy atom. The molecular weight excluding hydrogens is 404 g/mol. The highest BCUT2D eigenvalue weighted by Crippen LogP contribution is 2.29. The van der Waals surface area contributed by atoms with Crippen molar-refractivity contribution in [3.63, 3.8) is 0 Å². The SMILES string of the molecule is CCC[C@H](C)NC(=O)[C@H](Cc1ccccc1)NS(=O)(=O)c1ccc(OC)c(OC)c1. The zero-order valence-electron chi connectivity index (χ0n) is 17.8. The van der Waals surface area contributed by atoms with Crippen LogP contribution in [0, 0.1) is 0 Å². The van der Waals surface area contributed by atoms with Gasteiger partial charge in [0, 0.05) is 12.1 Å². The van der Waals surface area contributed by atoms with E-state index in [1.807, 2.05) is 44.2 Å². The molecule has 1 amide bonds. The summed E-state index contributed by atoms with van der Waals surface area (Å²) in [5.74, 6) is 0.355. The maximum absolute atomic E-state index is 13.0. The lowest BCUT2D eigenvalue weighted by molar-refractivity contribution is -0.123. The fourth-order valence-corrected chi connectivity index (χ4v) is 4.34. The largest absolute Gasteiger partial charge is 0.493 e. The van der Waals surface area contributed by atoms with Crippen LogP contribution >= 0.6 is 0 Å². The van der Waals surface area contributed by atoms with E-state index in [9.17, 15) is 13.2 Å². The maximum Gasteiger partial charge on any atom is 0.241 e. The Morgan fingerprint density at radius 1 is 1.03 bits per heavy atom. The van der Waals surface area contributed by atoms with E-state index in [1.54, 1.807) is 0 Å². The van der Waals surface area contributed by atoms with Gasteiger partial charge in [0.2, 0.25) is 15.9 Å². The van der Waals surface area contributed by atoms with E-state index < -0.39 is 16.1 Å². The number of hydrogen-bond donors (Lipinski definition) is 2. The molecule has 2 N–H and O–H groups in total. The Morgan fingerprint density at radius 3 is 2.30 bits per heavy atom. The Hall–Kier alpha value is -2.58. The smallest absolute Gasteiger partial charge is 0.241 e. The first-order valence-electron chi connectivity index (χ1n) is 9.89. The third kappa shape index (κ3) is 6.47. The average Bonchev–Trinajstić information content (AvgIpc) is 2.73. The Bertz CT molecular complexity index is 932. The van der Waals surface area contributed by atoms with Crippen molar-refractivity contribution in [3.8, 4) is 11.5 Å². The average molecular weight is 435 g/mol. The fourth-order valence-electron chi connectivity index (χ4n) is 3.13. The van der Waals surface area contributed by atoms with E-state index in [1.165, 1.54) is 32.4 Å². The van der Waals surface area contributed by atoms with Crippen LogP contribution in [0.15, 0.2) is 53.4 Å². The second-order valence-corrected chi connectivity index (χ2v) is 8.79. The molecular formula is C22H30N2O5S. The minimum Gasteiger partial charge on any atom is -0.493 e. The molecule has 0 spiro atoms. The summed E-state index contributed by atoms with van der Waals surface area (Å²) in [6, 6.07) is 12.6. The number of benzene rings is 2. The van der Waals surface area contributed by atoms with Gasteiger partial charge in [0.15, 0.2) is 11.5 Å². The Kier molecular flexibility index (Phi) is 8.68. The summed E-state index contributed by atoms with van der Waals surface area (Å²) in [5, 5.41) is 2.91. The molecule has 0 aromatic heterocycles. The highest BCUT2D eigenvalue weighted by Gasteiger charge is 2.27. The lowest BCUT2D eigenvalue weighted by atomic mass is 10.1. The summed E-state index contributed by atoms with van der Waals surface area (Å²) in [7, 11) is -1.07. The molecule has 0 radical (unpaired) electrons. The van der Waals surface area contributed by atoms with Gasteiger partial charge in [-0.25, -0.2) is 8.42 Å². The van der Waals surface area contributed by atoms with E-state index in [4.69, 9.17) is 9.47 Å². The Labute approximate surface area is 178 Å². The van der Waals surface area contributed by atoms with Gasteiger partial charge in [-0.3, -0.25) is 4.79 Å². The van der Waals surface area contributed by atoms with E-state index in [2.05, 4.69) is 10.0 Å². The number of amides is 1. The van der Waals surface area contributed by atoms with Gasteiger partial charge in [-0.2, -0.15) is 4.72 Å². The van der Waals surface area contributed by atoms with Crippen LogP contribution in [0.5, 0.6) is 11.5 Å². The zero-order valence-corrected chi connectivity index (χ0v) is 18.7. The molecule has 0 aliphatic heterocycles. The lowest BCUT2D eigenvalue weighted by Gasteiger charge is -2.21. The number of nitrogens with one attached hydrogen (secondary N) is 2. The van der Waals surface area contributed by atoms with Gasteiger partial charge in [0.05, 0.1) is 19.1 Å². The summed E-state index contributed by atoms with van der Waals surface area (Å²) >= 11 is 0. The lowest BCUT2D eigenvalue weighted by Crippen LogP contribution is -2.50. The molecule has 0 aliphatic carbocycles. The normalized spacial score (nSPS) is 13.3. The monoisotopic (exact) mass is 434 g/mol. The maximum atomic E-state index is 13.0. The van der Waals surface area contributed by atoms with Crippen LogP contribution in [0.1, 0.15) is 32.3 Å². The predicted octanol–water partition coefficient (Wildman–Crippen LogP) is 2.90. The molecule has 2 aromatic rings. The standard InChI is InChI=1S/C22H30N2O5S/c1-5-9-16(2)23-22(25)19(14-17-10-7-6-8-11-17)24-30(26,27)18-12-13-20(28-3)21(15-18)29-4/h6-8,10-13,15-16,19,24H,5,9,14H2,1-4H3,(H,23,25)/t16-,19-/m0/s1. The molecule has 2 atom stereocenters. The molecule has 0 unspecified atom stereocenters. The molecule has 0 heterocycles. The van der Waals surface area contributed by atoms with Crippen molar-refractivity contribution in [2.24, 2.45) is 0 Å².